The third-order valence-corrected chi connectivity index (χ3v) is 4.40. The van der Waals surface area contributed by atoms with E-state index in [4.69, 9.17) is 16.3 Å². The maximum Gasteiger partial charge on any atom is 0.310 e. The smallest absolute Gasteiger partial charge is 0.310 e. The van der Waals surface area contributed by atoms with Gasteiger partial charge in [0, 0.05) is 5.56 Å². The predicted molar refractivity (Wildman–Crippen MR) is 95.4 cm³/mol. The van der Waals surface area contributed by atoms with E-state index in [2.05, 4.69) is 5.10 Å². The van der Waals surface area contributed by atoms with Gasteiger partial charge in [0.25, 0.3) is 0 Å². The van der Waals surface area contributed by atoms with Crippen molar-refractivity contribution in [2.75, 3.05) is 7.11 Å². The molecule has 0 aliphatic rings. The van der Waals surface area contributed by atoms with Crippen LogP contribution in [-0.2, 0) is 16.0 Å². The Morgan fingerprint density at radius 1 is 1.24 bits per heavy atom. The normalized spacial score (nSPS) is 11.3. The van der Waals surface area contributed by atoms with Crippen LogP contribution in [0.25, 0.3) is 16.6 Å². The standard InChI is InChI=1S/C19H18ClFN2O2/c1-11(2)19-14(10-17(24)25-3)18(12-4-6-13(21)7-5-12)15-8-9-16(20)23(15)22-19/h4-9,11H,10H2,1-3H3. The van der Waals surface area contributed by atoms with E-state index in [9.17, 15) is 9.18 Å². The second kappa shape index (κ2) is 6.84. The molecule has 0 amide bonds. The van der Waals surface area contributed by atoms with E-state index in [0.717, 1.165) is 27.9 Å². The van der Waals surface area contributed by atoms with E-state index in [-0.39, 0.29) is 24.1 Å². The Morgan fingerprint density at radius 3 is 2.52 bits per heavy atom. The number of esters is 1. The highest BCUT2D eigenvalue weighted by molar-refractivity contribution is 6.30. The summed E-state index contributed by atoms with van der Waals surface area (Å²) >= 11 is 6.27. The van der Waals surface area contributed by atoms with Crippen LogP contribution >= 0.6 is 11.6 Å². The van der Waals surface area contributed by atoms with Gasteiger partial charge in [-0.05, 0) is 41.3 Å². The van der Waals surface area contributed by atoms with Gasteiger partial charge >= 0.3 is 5.97 Å². The monoisotopic (exact) mass is 360 g/mol. The van der Waals surface area contributed by atoms with Gasteiger partial charge in [-0.15, -0.1) is 0 Å². The van der Waals surface area contributed by atoms with Gasteiger partial charge in [-0.2, -0.15) is 5.10 Å². The fourth-order valence-corrected chi connectivity index (χ4v) is 3.14. The SMILES string of the molecule is COC(=O)Cc1c(C(C)C)nn2c(Cl)ccc2c1-c1ccc(F)cc1. The molecule has 0 saturated heterocycles. The molecule has 25 heavy (non-hydrogen) atoms. The molecule has 6 heteroatoms. The van der Waals surface area contributed by atoms with Crippen LogP contribution in [0.15, 0.2) is 36.4 Å². The summed E-state index contributed by atoms with van der Waals surface area (Å²) in [5, 5.41) is 5.10. The second-order valence-corrected chi connectivity index (χ2v) is 6.49. The minimum absolute atomic E-state index is 0.0710. The number of carbonyl (C=O) groups is 1. The maximum absolute atomic E-state index is 13.4. The van der Waals surface area contributed by atoms with Crippen molar-refractivity contribution in [2.24, 2.45) is 0 Å². The molecule has 2 aromatic heterocycles. The summed E-state index contributed by atoms with van der Waals surface area (Å²) < 4.78 is 19.9. The lowest BCUT2D eigenvalue weighted by Gasteiger charge is -2.18. The van der Waals surface area contributed by atoms with Crippen molar-refractivity contribution in [2.45, 2.75) is 26.2 Å². The molecule has 1 aromatic carbocycles. The van der Waals surface area contributed by atoms with E-state index in [1.165, 1.54) is 19.2 Å². The Morgan fingerprint density at radius 2 is 1.92 bits per heavy atom. The molecule has 2 heterocycles. The summed E-state index contributed by atoms with van der Waals surface area (Å²) in [5.41, 5.74) is 3.91. The largest absolute Gasteiger partial charge is 0.469 e. The number of carbonyl (C=O) groups excluding carboxylic acids is 1. The molecular weight excluding hydrogens is 343 g/mol. The Hall–Kier alpha value is -2.40. The average Bonchev–Trinajstić information content (AvgIpc) is 2.95. The molecule has 0 radical (unpaired) electrons. The van der Waals surface area contributed by atoms with E-state index >= 15 is 0 Å². The number of fused-ring (bicyclic) bond motifs is 1. The van der Waals surface area contributed by atoms with Crippen molar-refractivity contribution in [3.05, 3.63) is 58.6 Å². The minimum atomic E-state index is -0.353. The summed E-state index contributed by atoms with van der Waals surface area (Å²) in [6, 6.07) is 9.77. The Labute approximate surface area is 150 Å². The summed E-state index contributed by atoms with van der Waals surface area (Å²) in [4.78, 5) is 12.0. The molecule has 0 spiro atoms. The van der Waals surface area contributed by atoms with Gasteiger partial charge in [0.2, 0.25) is 0 Å². The first-order valence-electron chi connectivity index (χ1n) is 7.95. The molecule has 0 atom stereocenters. The number of benzene rings is 1. The molecule has 0 bridgehead atoms. The van der Waals surface area contributed by atoms with E-state index in [1.54, 1.807) is 22.7 Å². The first-order valence-corrected chi connectivity index (χ1v) is 8.33. The van der Waals surface area contributed by atoms with Crippen molar-refractivity contribution < 1.29 is 13.9 Å². The third kappa shape index (κ3) is 3.24. The van der Waals surface area contributed by atoms with Crippen LogP contribution < -0.4 is 0 Å². The van der Waals surface area contributed by atoms with Crippen molar-refractivity contribution in [1.82, 2.24) is 9.61 Å². The van der Waals surface area contributed by atoms with Crippen LogP contribution in [0.3, 0.4) is 0 Å². The minimum Gasteiger partial charge on any atom is -0.469 e. The molecular formula is C19H18ClFN2O2. The second-order valence-electron chi connectivity index (χ2n) is 6.11. The highest BCUT2D eigenvalue weighted by Crippen LogP contribution is 2.35. The van der Waals surface area contributed by atoms with Gasteiger partial charge in [-0.3, -0.25) is 4.79 Å². The lowest BCUT2D eigenvalue weighted by Crippen LogP contribution is -2.13. The van der Waals surface area contributed by atoms with Gasteiger partial charge in [-0.1, -0.05) is 37.6 Å². The molecule has 4 nitrogen and oxygen atoms in total. The zero-order chi connectivity index (χ0) is 18.1. The van der Waals surface area contributed by atoms with Crippen LogP contribution in [0, 0.1) is 5.82 Å². The summed E-state index contributed by atoms with van der Waals surface area (Å²) in [6.07, 6.45) is 0.0863. The number of nitrogens with zero attached hydrogens (tertiary/aromatic N) is 2. The first kappa shape index (κ1) is 17.4. The number of hydrogen-bond donors (Lipinski definition) is 0. The molecule has 0 N–H and O–H groups in total. The van der Waals surface area contributed by atoms with Crippen LogP contribution in [0.1, 0.15) is 31.0 Å². The van der Waals surface area contributed by atoms with Crippen LogP contribution in [0.2, 0.25) is 5.15 Å². The lowest BCUT2D eigenvalue weighted by molar-refractivity contribution is -0.139. The number of methoxy groups -OCH3 is 1. The fourth-order valence-electron chi connectivity index (χ4n) is 2.94. The number of rotatable bonds is 4. The third-order valence-electron chi connectivity index (χ3n) is 4.11. The molecule has 0 fully saturated rings. The molecule has 130 valence electrons. The molecule has 0 aliphatic heterocycles. The molecule has 3 rings (SSSR count). The number of hydrogen-bond acceptors (Lipinski definition) is 3. The summed E-state index contributed by atoms with van der Waals surface area (Å²) in [5.74, 6) is -0.600. The maximum atomic E-state index is 13.4. The first-order chi connectivity index (χ1) is 11.9. The molecule has 0 aliphatic carbocycles. The highest BCUT2D eigenvalue weighted by Gasteiger charge is 2.22. The number of ether oxygens (including phenoxy) is 1. The summed E-state index contributed by atoms with van der Waals surface area (Å²) in [7, 11) is 1.36. The van der Waals surface area contributed by atoms with Gasteiger partial charge in [0.1, 0.15) is 11.0 Å². The zero-order valence-electron chi connectivity index (χ0n) is 14.2. The van der Waals surface area contributed by atoms with Gasteiger partial charge < -0.3 is 4.74 Å². The van der Waals surface area contributed by atoms with Crippen molar-refractivity contribution >= 4 is 23.1 Å². The van der Waals surface area contributed by atoms with Gasteiger partial charge in [-0.25, -0.2) is 8.91 Å². The van der Waals surface area contributed by atoms with Crippen molar-refractivity contribution in [3.8, 4) is 11.1 Å². The quantitative estimate of drug-likeness (QED) is 0.637. The molecule has 0 unspecified atom stereocenters. The van der Waals surface area contributed by atoms with E-state index in [1.807, 2.05) is 19.9 Å². The Bertz CT molecular complexity index is 933. The van der Waals surface area contributed by atoms with Crippen LogP contribution in [0.4, 0.5) is 4.39 Å². The Kier molecular flexibility index (Phi) is 4.77. The Balaban J connectivity index is 2.38. The summed E-state index contributed by atoms with van der Waals surface area (Å²) in [6.45, 7) is 4.00. The number of aromatic nitrogens is 2. The van der Waals surface area contributed by atoms with Gasteiger partial charge in [0.05, 0.1) is 24.7 Å². The fraction of sp³-hybridized carbons (Fsp3) is 0.263. The molecule has 3 aromatic rings. The topological polar surface area (TPSA) is 43.6 Å². The molecule has 0 saturated carbocycles. The lowest BCUT2D eigenvalue weighted by atomic mass is 9.92. The van der Waals surface area contributed by atoms with Crippen molar-refractivity contribution in [1.29, 1.82) is 0 Å². The van der Waals surface area contributed by atoms with Crippen LogP contribution in [0.5, 0.6) is 0 Å². The predicted octanol–water partition coefficient (Wildman–Crippen LogP) is 4.63. The average molecular weight is 361 g/mol. The highest BCUT2D eigenvalue weighted by atomic mass is 35.5. The van der Waals surface area contributed by atoms with Crippen LogP contribution in [-0.4, -0.2) is 22.7 Å². The van der Waals surface area contributed by atoms with Gasteiger partial charge in [0.15, 0.2) is 0 Å². The van der Waals surface area contributed by atoms with E-state index in [0.29, 0.717) is 5.15 Å². The van der Waals surface area contributed by atoms with E-state index < -0.39 is 0 Å². The van der Waals surface area contributed by atoms with Crippen molar-refractivity contribution in [3.63, 3.8) is 0 Å². The zero-order valence-corrected chi connectivity index (χ0v) is 15.0. The number of halogens is 2.